The molecule has 0 aliphatic rings. The number of hydrogen-bond acceptors (Lipinski definition) is 4. The Balaban J connectivity index is 2.00. The summed E-state index contributed by atoms with van der Waals surface area (Å²) in [6, 6.07) is 5.73. The summed E-state index contributed by atoms with van der Waals surface area (Å²) in [5, 5.41) is 10.7. The normalized spacial score (nSPS) is 10.9. The first-order valence-corrected chi connectivity index (χ1v) is 9.94. The third-order valence-corrected chi connectivity index (χ3v) is 4.42. The first-order valence-electron chi connectivity index (χ1n) is 9.94. The van der Waals surface area contributed by atoms with E-state index < -0.39 is 4.92 Å². The van der Waals surface area contributed by atoms with Crippen molar-refractivity contribution in [2.24, 2.45) is 5.92 Å². The number of nitrogens with zero attached hydrogens (tertiary/aromatic N) is 1. The second kappa shape index (κ2) is 13.3. The highest BCUT2D eigenvalue weighted by atomic mass is 16.6. The number of benzene rings is 1. The molecule has 0 radical (unpaired) electrons. The maximum Gasteiger partial charge on any atom is 0.311 e. The van der Waals surface area contributed by atoms with Crippen molar-refractivity contribution in [3.8, 4) is 5.75 Å². The number of nitro benzene ring substituents is 1. The van der Waals surface area contributed by atoms with E-state index in [2.05, 4.69) is 13.8 Å². The van der Waals surface area contributed by atoms with E-state index in [1.807, 2.05) is 0 Å². The molecule has 0 heterocycles. The van der Waals surface area contributed by atoms with E-state index in [0.717, 1.165) is 25.2 Å². The van der Waals surface area contributed by atoms with Crippen molar-refractivity contribution in [2.45, 2.75) is 84.5 Å². The molecule has 146 valence electrons. The summed E-state index contributed by atoms with van der Waals surface area (Å²) in [6.45, 7) is 4.55. The molecule has 0 bridgehead atoms. The van der Waals surface area contributed by atoms with Gasteiger partial charge in [0.25, 0.3) is 5.69 Å². The van der Waals surface area contributed by atoms with Crippen molar-refractivity contribution < 1.29 is 14.5 Å². The van der Waals surface area contributed by atoms with Crippen LogP contribution in [-0.4, -0.2) is 10.9 Å². The molecule has 5 heteroatoms. The Morgan fingerprint density at radius 3 is 2.15 bits per heavy atom. The molecule has 0 N–H and O–H groups in total. The molecule has 1 rings (SSSR count). The predicted molar refractivity (Wildman–Crippen MR) is 104 cm³/mol. The smallest absolute Gasteiger partial charge is 0.311 e. The molecule has 0 atom stereocenters. The Kier molecular flexibility index (Phi) is 11.3. The van der Waals surface area contributed by atoms with Crippen LogP contribution < -0.4 is 4.74 Å². The van der Waals surface area contributed by atoms with E-state index in [0.29, 0.717) is 6.42 Å². The minimum Gasteiger partial charge on any atom is -0.426 e. The van der Waals surface area contributed by atoms with Gasteiger partial charge in [-0.2, -0.15) is 0 Å². The van der Waals surface area contributed by atoms with Crippen molar-refractivity contribution in [2.75, 3.05) is 0 Å². The quantitative estimate of drug-likeness (QED) is 0.125. The number of ether oxygens (including phenoxy) is 1. The fraction of sp³-hybridized carbons (Fsp3) is 0.667. The zero-order valence-corrected chi connectivity index (χ0v) is 16.2. The van der Waals surface area contributed by atoms with Gasteiger partial charge >= 0.3 is 5.97 Å². The molecule has 0 aliphatic heterocycles. The molecule has 0 fully saturated rings. The number of esters is 1. The first-order chi connectivity index (χ1) is 12.5. The van der Waals surface area contributed by atoms with Gasteiger partial charge in [-0.25, -0.2) is 0 Å². The van der Waals surface area contributed by atoms with E-state index in [-0.39, 0.29) is 17.4 Å². The Morgan fingerprint density at radius 2 is 1.58 bits per heavy atom. The molecule has 5 nitrogen and oxygen atoms in total. The summed E-state index contributed by atoms with van der Waals surface area (Å²) in [6.07, 6.45) is 12.5. The van der Waals surface area contributed by atoms with E-state index in [4.69, 9.17) is 4.74 Å². The average Bonchev–Trinajstić information content (AvgIpc) is 2.59. The molecule has 0 aromatic heterocycles. The third-order valence-electron chi connectivity index (χ3n) is 4.42. The Morgan fingerprint density at radius 1 is 1.00 bits per heavy atom. The van der Waals surface area contributed by atoms with Gasteiger partial charge in [0.05, 0.1) is 11.0 Å². The number of non-ortho nitro benzene ring substituents is 1. The Hall–Kier alpha value is -1.91. The summed E-state index contributed by atoms with van der Waals surface area (Å²) in [5.41, 5.74) is -0.0699. The lowest BCUT2D eigenvalue weighted by Crippen LogP contribution is -2.07. The number of hydrogen-bond donors (Lipinski definition) is 0. The van der Waals surface area contributed by atoms with Gasteiger partial charge in [-0.1, -0.05) is 77.7 Å². The Bertz CT molecular complexity index is 543. The van der Waals surface area contributed by atoms with E-state index in [9.17, 15) is 14.9 Å². The van der Waals surface area contributed by atoms with Gasteiger partial charge in [0.2, 0.25) is 0 Å². The minimum absolute atomic E-state index is 0.0699. The van der Waals surface area contributed by atoms with Gasteiger partial charge in [-0.3, -0.25) is 14.9 Å². The van der Waals surface area contributed by atoms with Crippen LogP contribution in [0.2, 0.25) is 0 Å². The van der Waals surface area contributed by atoms with Crippen LogP contribution in [0.3, 0.4) is 0 Å². The molecule has 1 aromatic carbocycles. The first kappa shape index (κ1) is 22.1. The molecule has 1 aromatic rings. The number of unbranched alkanes of at least 4 members (excludes halogenated alkanes) is 8. The lowest BCUT2D eigenvalue weighted by atomic mass is 10.0. The standard InChI is InChI=1S/C21H33NO4/c1-18(2)13-10-8-6-4-3-5-7-9-11-16-21(23)26-20-15-12-14-19(17-20)22(24)25/h12,14-15,17-18H,3-11,13,16H2,1-2H3. The summed E-state index contributed by atoms with van der Waals surface area (Å²) in [5.74, 6) is 0.732. The average molecular weight is 363 g/mol. The van der Waals surface area contributed by atoms with Gasteiger partial charge in [-0.05, 0) is 18.4 Å². The fourth-order valence-electron chi connectivity index (χ4n) is 2.90. The predicted octanol–water partition coefficient (Wildman–Crippen LogP) is 6.45. The lowest BCUT2D eigenvalue weighted by molar-refractivity contribution is -0.384. The molecular weight excluding hydrogens is 330 g/mol. The molecule has 0 spiro atoms. The summed E-state index contributed by atoms with van der Waals surface area (Å²) in [7, 11) is 0. The second-order valence-corrected chi connectivity index (χ2v) is 7.34. The highest BCUT2D eigenvalue weighted by molar-refractivity contribution is 5.72. The van der Waals surface area contributed by atoms with E-state index in [1.165, 1.54) is 63.1 Å². The molecule has 0 saturated carbocycles. The Labute approximate surface area is 157 Å². The lowest BCUT2D eigenvalue weighted by Gasteiger charge is -2.05. The van der Waals surface area contributed by atoms with Crippen molar-refractivity contribution in [1.82, 2.24) is 0 Å². The number of carbonyl (C=O) groups excluding carboxylic acids is 1. The van der Waals surface area contributed by atoms with E-state index >= 15 is 0 Å². The van der Waals surface area contributed by atoms with Crippen molar-refractivity contribution in [1.29, 1.82) is 0 Å². The monoisotopic (exact) mass is 363 g/mol. The molecular formula is C21H33NO4. The minimum atomic E-state index is -0.498. The molecule has 0 unspecified atom stereocenters. The van der Waals surface area contributed by atoms with Crippen LogP contribution in [0, 0.1) is 16.0 Å². The van der Waals surface area contributed by atoms with E-state index in [1.54, 1.807) is 6.07 Å². The fourth-order valence-corrected chi connectivity index (χ4v) is 2.90. The van der Waals surface area contributed by atoms with Crippen molar-refractivity contribution >= 4 is 11.7 Å². The van der Waals surface area contributed by atoms with Crippen LogP contribution in [0.5, 0.6) is 5.75 Å². The molecule has 0 amide bonds. The number of carbonyl (C=O) groups is 1. The highest BCUT2D eigenvalue weighted by Gasteiger charge is 2.09. The maximum atomic E-state index is 11.8. The van der Waals surface area contributed by atoms with Crippen LogP contribution in [0.25, 0.3) is 0 Å². The molecule has 26 heavy (non-hydrogen) atoms. The molecule has 0 aliphatic carbocycles. The summed E-state index contributed by atoms with van der Waals surface area (Å²) in [4.78, 5) is 22.0. The highest BCUT2D eigenvalue weighted by Crippen LogP contribution is 2.20. The number of nitro groups is 1. The van der Waals surface area contributed by atoms with Crippen LogP contribution in [-0.2, 0) is 4.79 Å². The molecule has 0 saturated heterocycles. The van der Waals surface area contributed by atoms with Crippen molar-refractivity contribution in [3.05, 3.63) is 34.4 Å². The van der Waals surface area contributed by atoms with Crippen LogP contribution >= 0.6 is 0 Å². The number of rotatable bonds is 14. The van der Waals surface area contributed by atoms with Gasteiger partial charge in [0, 0.05) is 12.5 Å². The van der Waals surface area contributed by atoms with Gasteiger partial charge in [-0.15, -0.1) is 0 Å². The summed E-state index contributed by atoms with van der Waals surface area (Å²) >= 11 is 0. The van der Waals surface area contributed by atoms with Crippen LogP contribution in [0.4, 0.5) is 5.69 Å². The largest absolute Gasteiger partial charge is 0.426 e. The van der Waals surface area contributed by atoms with Crippen LogP contribution in [0.15, 0.2) is 24.3 Å². The topological polar surface area (TPSA) is 69.4 Å². The third kappa shape index (κ3) is 10.9. The van der Waals surface area contributed by atoms with Gasteiger partial charge < -0.3 is 4.74 Å². The summed E-state index contributed by atoms with van der Waals surface area (Å²) < 4.78 is 5.16. The SMILES string of the molecule is CC(C)CCCCCCCCCCCC(=O)Oc1cccc([N+](=O)[O-])c1. The van der Waals surface area contributed by atoms with Crippen LogP contribution in [0.1, 0.15) is 84.5 Å². The van der Waals surface area contributed by atoms with Crippen molar-refractivity contribution in [3.63, 3.8) is 0 Å². The van der Waals surface area contributed by atoms with Gasteiger partial charge in [0.15, 0.2) is 0 Å². The zero-order valence-electron chi connectivity index (χ0n) is 16.2. The zero-order chi connectivity index (χ0) is 19.2. The second-order valence-electron chi connectivity index (χ2n) is 7.34. The van der Waals surface area contributed by atoms with Gasteiger partial charge in [0.1, 0.15) is 5.75 Å². The maximum absolute atomic E-state index is 11.8.